The van der Waals surface area contributed by atoms with Gasteiger partial charge in [-0.05, 0) is 60.2 Å². The molecule has 4 aromatic rings. The molecule has 1 N–H and O–H groups in total. The Kier molecular flexibility index (Phi) is 6.12. The molecule has 2 heterocycles. The van der Waals surface area contributed by atoms with Gasteiger partial charge in [0.1, 0.15) is 23.0 Å². The summed E-state index contributed by atoms with van der Waals surface area (Å²) in [4.78, 5) is 17.0. The van der Waals surface area contributed by atoms with Crippen molar-refractivity contribution in [1.29, 1.82) is 0 Å². The second-order valence-electron chi connectivity index (χ2n) is 6.91. The van der Waals surface area contributed by atoms with Gasteiger partial charge in [0.15, 0.2) is 0 Å². The lowest BCUT2D eigenvalue weighted by Gasteiger charge is -2.09. The first-order valence-electron chi connectivity index (χ1n) is 9.84. The van der Waals surface area contributed by atoms with Crippen molar-refractivity contribution < 1.29 is 18.7 Å². The average molecular weight is 432 g/mol. The highest BCUT2D eigenvalue weighted by Crippen LogP contribution is 2.33. The second kappa shape index (κ2) is 9.30. The molecule has 7 nitrogen and oxygen atoms in total. The molecule has 0 spiro atoms. The number of carbonyl (C=O) groups is 1. The Morgan fingerprint density at radius 2 is 1.75 bits per heavy atom. The van der Waals surface area contributed by atoms with Crippen LogP contribution >= 0.6 is 0 Å². The summed E-state index contributed by atoms with van der Waals surface area (Å²) in [6, 6.07) is 16.5. The number of benzene rings is 2. The van der Waals surface area contributed by atoms with Gasteiger partial charge in [0.25, 0.3) is 5.91 Å². The van der Waals surface area contributed by atoms with Crippen molar-refractivity contribution in [3.8, 4) is 28.4 Å². The number of hydrogen-bond donors (Lipinski definition) is 1. The van der Waals surface area contributed by atoms with Crippen molar-refractivity contribution in [3.63, 3.8) is 0 Å². The first-order valence-corrected chi connectivity index (χ1v) is 9.84. The van der Waals surface area contributed by atoms with Crippen LogP contribution in [0.15, 0.2) is 73.1 Å². The largest absolute Gasteiger partial charge is 0.497 e. The molecule has 8 heteroatoms. The summed E-state index contributed by atoms with van der Waals surface area (Å²) in [7, 11) is 3.13. The van der Waals surface area contributed by atoms with E-state index >= 15 is 0 Å². The van der Waals surface area contributed by atoms with E-state index in [0.29, 0.717) is 40.7 Å². The molecule has 0 saturated heterocycles. The van der Waals surface area contributed by atoms with E-state index in [9.17, 15) is 9.18 Å². The van der Waals surface area contributed by atoms with Crippen molar-refractivity contribution in [2.75, 3.05) is 14.2 Å². The Hall–Kier alpha value is -4.20. The third-order valence-corrected chi connectivity index (χ3v) is 4.90. The van der Waals surface area contributed by atoms with Crippen LogP contribution < -0.4 is 14.8 Å². The lowest BCUT2D eigenvalue weighted by atomic mass is 10.1. The summed E-state index contributed by atoms with van der Waals surface area (Å²) in [5, 5.41) is 7.52. The van der Waals surface area contributed by atoms with Gasteiger partial charge >= 0.3 is 0 Å². The number of hydrogen-bond acceptors (Lipinski definition) is 5. The Balaban J connectivity index is 1.73. The molecule has 32 heavy (non-hydrogen) atoms. The van der Waals surface area contributed by atoms with Crippen molar-refractivity contribution in [1.82, 2.24) is 20.1 Å². The Labute approximate surface area is 184 Å². The average Bonchev–Trinajstić information content (AvgIpc) is 3.28. The van der Waals surface area contributed by atoms with Gasteiger partial charge in [0.2, 0.25) is 0 Å². The van der Waals surface area contributed by atoms with Gasteiger partial charge in [-0.2, -0.15) is 5.10 Å². The number of carbonyl (C=O) groups excluding carboxylic acids is 1. The highest BCUT2D eigenvalue weighted by molar-refractivity contribution is 5.94. The van der Waals surface area contributed by atoms with Crippen LogP contribution in [0.4, 0.5) is 4.39 Å². The van der Waals surface area contributed by atoms with E-state index in [4.69, 9.17) is 9.47 Å². The van der Waals surface area contributed by atoms with Gasteiger partial charge in [-0.3, -0.25) is 9.78 Å². The molecule has 1 amide bonds. The van der Waals surface area contributed by atoms with Crippen LogP contribution in [0.1, 0.15) is 16.1 Å². The zero-order chi connectivity index (χ0) is 22.5. The highest BCUT2D eigenvalue weighted by Gasteiger charge is 2.20. The first-order chi connectivity index (χ1) is 15.6. The van der Waals surface area contributed by atoms with E-state index < -0.39 is 0 Å². The number of ether oxygens (including phenoxy) is 2. The lowest BCUT2D eigenvalue weighted by molar-refractivity contribution is 0.0943. The molecule has 0 bridgehead atoms. The van der Waals surface area contributed by atoms with E-state index in [0.717, 1.165) is 5.56 Å². The highest BCUT2D eigenvalue weighted by atomic mass is 19.1. The quantitative estimate of drug-likeness (QED) is 0.477. The predicted molar refractivity (Wildman–Crippen MR) is 117 cm³/mol. The Morgan fingerprint density at radius 3 is 2.44 bits per heavy atom. The minimum Gasteiger partial charge on any atom is -0.497 e. The SMILES string of the molecule is COc1ccc(-c2cc(C(=O)NCc3ccncc3)n(-c3ccc(F)cc3)n2)c(OC)c1. The maximum absolute atomic E-state index is 13.5. The lowest BCUT2D eigenvalue weighted by Crippen LogP contribution is -2.25. The first kappa shape index (κ1) is 21.0. The third kappa shape index (κ3) is 4.44. The molecule has 2 aromatic heterocycles. The van der Waals surface area contributed by atoms with Gasteiger partial charge < -0.3 is 14.8 Å². The fraction of sp³-hybridized carbons (Fsp3) is 0.125. The third-order valence-electron chi connectivity index (χ3n) is 4.90. The van der Waals surface area contributed by atoms with Gasteiger partial charge in [-0.1, -0.05) is 0 Å². The number of halogens is 1. The van der Waals surface area contributed by atoms with Crippen molar-refractivity contribution in [3.05, 3.63) is 90.1 Å². The number of amides is 1. The van der Waals surface area contributed by atoms with Crippen LogP contribution in [0.25, 0.3) is 16.9 Å². The smallest absolute Gasteiger partial charge is 0.270 e. The Morgan fingerprint density at radius 1 is 1.00 bits per heavy atom. The molecular formula is C24H21FN4O3. The molecule has 0 aliphatic carbocycles. The van der Waals surface area contributed by atoms with Crippen LogP contribution in [0, 0.1) is 5.82 Å². The van der Waals surface area contributed by atoms with Crippen LogP contribution in [0.5, 0.6) is 11.5 Å². The molecule has 0 aliphatic rings. The molecule has 2 aromatic carbocycles. The summed E-state index contributed by atoms with van der Waals surface area (Å²) in [5.41, 5.74) is 3.00. The summed E-state index contributed by atoms with van der Waals surface area (Å²) in [6.45, 7) is 0.330. The van der Waals surface area contributed by atoms with Crippen LogP contribution in [0.3, 0.4) is 0 Å². The van der Waals surface area contributed by atoms with E-state index in [2.05, 4.69) is 15.4 Å². The van der Waals surface area contributed by atoms with Crippen molar-refractivity contribution >= 4 is 5.91 Å². The van der Waals surface area contributed by atoms with E-state index in [1.54, 1.807) is 56.9 Å². The fourth-order valence-electron chi connectivity index (χ4n) is 3.24. The van der Waals surface area contributed by atoms with Crippen LogP contribution in [0.2, 0.25) is 0 Å². The topological polar surface area (TPSA) is 78.3 Å². The number of nitrogens with one attached hydrogen (secondary N) is 1. The Bertz CT molecular complexity index is 1220. The number of pyridine rings is 1. The predicted octanol–water partition coefficient (Wildman–Crippen LogP) is 4.02. The van der Waals surface area contributed by atoms with Gasteiger partial charge in [0.05, 0.1) is 25.6 Å². The van der Waals surface area contributed by atoms with Gasteiger partial charge in [-0.25, -0.2) is 9.07 Å². The minimum absolute atomic E-state index is 0.304. The fourth-order valence-corrected chi connectivity index (χ4v) is 3.24. The molecule has 0 saturated carbocycles. The standard InChI is InChI=1S/C24H21FN4O3/c1-31-19-7-8-20(23(13-19)32-2)21-14-22(24(30)27-15-16-9-11-26-12-10-16)29(28-21)18-5-3-17(25)4-6-18/h3-14H,15H2,1-2H3,(H,27,30). The maximum atomic E-state index is 13.5. The molecule has 0 atom stereocenters. The van der Waals surface area contributed by atoms with Crippen LogP contribution in [-0.4, -0.2) is 34.9 Å². The van der Waals surface area contributed by atoms with Crippen LogP contribution in [-0.2, 0) is 6.54 Å². The summed E-state index contributed by atoms with van der Waals surface area (Å²) >= 11 is 0. The number of aromatic nitrogens is 3. The van der Waals surface area contributed by atoms with E-state index in [1.807, 2.05) is 18.2 Å². The monoisotopic (exact) mass is 432 g/mol. The molecule has 4 rings (SSSR count). The number of rotatable bonds is 7. The normalized spacial score (nSPS) is 10.6. The molecule has 162 valence electrons. The summed E-state index contributed by atoms with van der Waals surface area (Å²) < 4.78 is 25.7. The maximum Gasteiger partial charge on any atom is 0.270 e. The van der Waals surface area contributed by atoms with E-state index in [1.165, 1.54) is 16.8 Å². The number of nitrogens with zero attached hydrogens (tertiary/aromatic N) is 3. The zero-order valence-corrected chi connectivity index (χ0v) is 17.6. The molecule has 0 fully saturated rings. The summed E-state index contributed by atoms with van der Waals surface area (Å²) in [6.07, 6.45) is 3.33. The second-order valence-corrected chi connectivity index (χ2v) is 6.91. The minimum atomic E-state index is -0.373. The van der Waals surface area contributed by atoms with Gasteiger partial charge in [-0.15, -0.1) is 0 Å². The van der Waals surface area contributed by atoms with Crippen molar-refractivity contribution in [2.24, 2.45) is 0 Å². The molecule has 0 unspecified atom stereocenters. The van der Waals surface area contributed by atoms with Crippen molar-refractivity contribution in [2.45, 2.75) is 6.54 Å². The molecule has 0 aliphatic heterocycles. The number of methoxy groups -OCH3 is 2. The van der Waals surface area contributed by atoms with Gasteiger partial charge in [0, 0.05) is 30.6 Å². The summed E-state index contributed by atoms with van der Waals surface area (Å²) in [5.74, 6) is 0.495. The zero-order valence-electron chi connectivity index (χ0n) is 17.6. The molecular weight excluding hydrogens is 411 g/mol. The van der Waals surface area contributed by atoms with E-state index in [-0.39, 0.29) is 11.7 Å². The molecule has 0 radical (unpaired) electrons.